The lowest BCUT2D eigenvalue weighted by Crippen LogP contribution is -2.31. The molecule has 134 valence electrons. The SMILES string of the molecule is CCOc1ccccc1OCC(=O)OC1CCC(C(C)(C)C)CC1. The van der Waals surface area contributed by atoms with Crippen LogP contribution in [0.1, 0.15) is 53.4 Å². The van der Waals surface area contributed by atoms with E-state index in [4.69, 9.17) is 14.2 Å². The number of rotatable bonds is 6. The number of hydrogen-bond donors (Lipinski definition) is 0. The van der Waals surface area contributed by atoms with Crippen molar-refractivity contribution < 1.29 is 19.0 Å². The Kier molecular flexibility index (Phi) is 6.52. The Hall–Kier alpha value is -1.71. The van der Waals surface area contributed by atoms with Gasteiger partial charge in [0.25, 0.3) is 0 Å². The van der Waals surface area contributed by atoms with Crippen LogP contribution in [0.4, 0.5) is 0 Å². The lowest BCUT2D eigenvalue weighted by molar-refractivity contribution is -0.153. The van der Waals surface area contributed by atoms with Gasteiger partial charge in [-0.25, -0.2) is 4.79 Å². The predicted octanol–water partition coefficient (Wildman–Crippen LogP) is 4.61. The number of esters is 1. The first-order valence-corrected chi connectivity index (χ1v) is 8.94. The van der Waals surface area contributed by atoms with E-state index in [1.165, 1.54) is 0 Å². The summed E-state index contributed by atoms with van der Waals surface area (Å²) in [5.41, 5.74) is 0.334. The molecule has 2 rings (SSSR count). The topological polar surface area (TPSA) is 44.8 Å². The zero-order valence-corrected chi connectivity index (χ0v) is 15.3. The third-order valence-electron chi connectivity index (χ3n) is 4.69. The minimum atomic E-state index is -0.305. The maximum Gasteiger partial charge on any atom is 0.344 e. The maximum absolute atomic E-state index is 12.0. The number of carbonyl (C=O) groups excluding carboxylic acids is 1. The van der Waals surface area contributed by atoms with Crippen molar-refractivity contribution in [1.82, 2.24) is 0 Å². The molecule has 0 N–H and O–H groups in total. The van der Waals surface area contributed by atoms with Crippen LogP contribution < -0.4 is 9.47 Å². The zero-order chi connectivity index (χ0) is 17.6. The van der Waals surface area contributed by atoms with E-state index in [2.05, 4.69) is 20.8 Å². The minimum Gasteiger partial charge on any atom is -0.490 e. The van der Waals surface area contributed by atoms with Crippen molar-refractivity contribution in [2.75, 3.05) is 13.2 Å². The molecule has 0 heterocycles. The highest BCUT2D eigenvalue weighted by atomic mass is 16.6. The molecule has 0 spiro atoms. The van der Waals surface area contributed by atoms with Gasteiger partial charge in [0.2, 0.25) is 0 Å². The molecule has 0 saturated heterocycles. The van der Waals surface area contributed by atoms with Gasteiger partial charge in [-0.1, -0.05) is 32.9 Å². The second kappa shape index (κ2) is 8.41. The molecule has 0 aliphatic heterocycles. The standard InChI is InChI=1S/C20H30O4/c1-5-22-17-8-6-7-9-18(17)23-14-19(21)24-16-12-10-15(11-13-16)20(2,3)4/h6-9,15-16H,5,10-14H2,1-4H3. The molecule has 0 amide bonds. The van der Waals surface area contributed by atoms with E-state index in [1.54, 1.807) is 6.07 Å². The van der Waals surface area contributed by atoms with E-state index in [0.717, 1.165) is 25.7 Å². The van der Waals surface area contributed by atoms with Crippen LogP contribution in [0.3, 0.4) is 0 Å². The first-order chi connectivity index (χ1) is 11.4. The van der Waals surface area contributed by atoms with E-state index in [1.807, 2.05) is 25.1 Å². The van der Waals surface area contributed by atoms with E-state index in [9.17, 15) is 4.79 Å². The Morgan fingerprint density at radius 1 is 1.04 bits per heavy atom. The summed E-state index contributed by atoms with van der Waals surface area (Å²) in [5, 5.41) is 0. The summed E-state index contributed by atoms with van der Waals surface area (Å²) in [6.45, 7) is 9.25. The summed E-state index contributed by atoms with van der Waals surface area (Å²) in [6.07, 6.45) is 4.17. The number of carbonyl (C=O) groups is 1. The van der Waals surface area contributed by atoms with Crippen LogP contribution >= 0.6 is 0 Å². The van der Waals surface area contributed by atoms with Gasteiger partial charge in [0.15, 0.2) is 18.1 Å². The van der Waals surface area contributed by atoms with Crippen molar-refractivity contribution in [1.29, 1.82) is 0 Å². The summed E-state index contributed by atoms with van der Waals surface area (Å²) < 4.78 is 16.6. The molecule has 0 bridgehead atoms. The second-order valence-corrected chi connectivity index (χ2v) is 7.50. The van der Waals surface area contributed by atoms with Gasteiger partial charge < -0.3 is 14.2 Å². The second-order valence-electron chi connectivity index (χ2n) is 7.50. The van der Waals surface area contributed by atoms with Gasteiger partial charge in [-0.15, -0.1) is 0 Å². The van der Waals surface area contributed by atoms with Gasteiger partial charge in [-0.05, 0) is 56.1 Å². The molecule has 24 heavy (non-hydrogen) atoms. The Morgan fingerprint density at radius 2 is 1.62 bits per heavy atom. The highest BCUT2D eigenvalue weighted by Gasteiger charge is 2.31. The summed E-state index contributed by atoms with van der Waals surface area (Å²) in [7, 11) is 0. The fourth-order valence-electron chi connectivity index (χ4n) is 3.25. The molecule has 1 aromatic carbocycles. The Balaban J connectivity index is 1.77. The minimum absolute atomic E-state index is 0.0295. The summed E-state index contributed by atoms with van der Waals surface area (Å²) in [4.78, 5) is 12.0. The van der Waals surface area contributed by atoms with Crippen LogP contribution in [-0.4, -0.2) is 25.3 Å². The van der Waals surface area contributed by atoms with Crippen molar-refractivity contribution in [3.8, 4) is 11.5 Å². The lowest BCUT2D eigenvalue weighted by atomic mass is 9.72. The van der Waals surface area contributed by atoms with Crippen LogP contribution in [0.2, 0.25) is 0 Å². The van der Waals surface area contributed by atoms with E-state index < -0.39 is 0 Å². The molecular weight excluding hydrogens is 304 g/mol. The highest BCUT2D eigenvalue weighted by Crippen LogP contribution is 2.38. The average Bonchev–Trinajstić information content (AvgIpc) is 2.54. The number of ether oxygens (including phenoxy) is 3. The normalized spacial score (nSPS) is 21.2. The molecule has 1 fully saturated rings. The van der Waals surface area contributed by atoms with Gasteiger partial charge in [0.1, 0.15) is 6.10 Å². The van der Waals surface area contributed by atoms with Crippen molar-refractivity contribution in [3.05, 3.63) is 24.3 Å². The van der Waals surface area contributed by atoms with E-state index in [0.29, 0.717) is 29.4 Å². The number of para-hydroxylation sites is 2. The smallest absolute Gasteiger partial charge is 0.344 e. The van der Waals surface area contributed by atoms with Crippen LogP contribution in [0.5, 0.6) is 11.5 Å². The van der Waals surface area contributed by atoms with Crippen molar-refractivity contribution >= 4 is 5.97 Å². The molecule has 1 aliphatic carbocycles. The van der Waals surface area contributed by atoms with Crippen LogP contribution in [0.25, 0.3) is 0 Å². The Labute approximate surface area is 145 Å². The molecule has 0 atom stereocenters. The molecule has 4 nitrogen and oxygen atoms in total. The summed E-state index contributed by atoms with van der Waals surface area (Å²) in [6, 6.07) is 7.37. The first-order valence-electron chi connectivity index (χ1n) is 8.94. The van der Waals surface area contributed by atoms with Crippen molar-refractivity contribution in [2.45, 2.75) is 59.5 Å². The lowest BCUT2D eigenvalue weighted by Gasteiger charge is -2.36. The van der Waals surface area contributed by atoms with Gasteiger partial charge >= 0.3 is 5.97 Å². The monoisotopic (exact) mass is 334 g/mol. The van der Waals surface area contributed by atoms with E-state index in [-0.39, 0.29) is 18.7 Å². The van der Waals surface area contributed by atoms with E-state index >= 15 is 0 Å². The Bertz CT molecular complexity index is 525. The van der Waals surface area contributed by atoms with Gasteiger partial charge in [0, 0.05) is 0 Å². The van der Waals surface area contributed by atoms with Crippen LogP contribution in [-0.2, 0) is 9.53 Å². The number of hydrogen-bond acceptors (Lipinski definition) is 4. The maximum atomic E-state index is 12.0. The highest BCUT2D eigenvalue weighted by molar-refractivity contribution is 5.71. The molecule has 1 saturated carbocycles. The third kappa shape index (κ3) is 5.43. The average molecular weight is 334 g/mol. The Morgan fingerprint density at radius 3 is 2.17 bits per heavy atom. The molecule has 1 aromatic rings. The molecule has 0 radical (unpaired) electrons. The largest absolute Gasteiger partial charge is 0.490 e. The van der Waals surface area contributed by atoms with Crippen molar-refractivity contribution in [2.24, 2.45) is 11.3 Å². The fourth-order valence-corrected chi connectivity index (χ4v) is 3.25. The van der Waals surface area contributed by atoms with Crippen LogP contribution in [0, 0.1) is 11.3 Å². The van der Waals surface area contributed by atoms with Crippen molar-refractivity contribution in [3.63, 3.8) is 0 Å². The van der Waals surface area contributed by atoms with Gasteiger partial charge in [0.05, 0.1) is 6.61 Å². The summed E-state index contributed by atoms with van der Waals surface area (Å²) in [5.74, 6) is 1.63. The van der Waals surface area contributed by atoms with Gasteiger partial charge in [-0.3, -0.25) is 0 Å². The molecule has 1 aliphatic rings. The quantitative estimate of drug-likeness (QED) is 0.713. The van der Waals surface area contributed by atoms with Gasteiger partial charge in [-0.2, -0.15) is 0 Å². The molecular formula is C20H30O4. The number of benzene rings is 1. The molecule has 0 aromatic heterocycles. The predicted molar refractivity (Wildman–Crippen MR) is 94.4 cm³/mol. The van der Waals surface area contributed by atoms with Crippen LogP contribution in [0.15, 0.2) is 24.3 Å². The fraction of sp³-hybridized carbons (Fsp3) is 0.650. The third-order valence-corrected chi connectivity index (χ3v) is 4.69. The summed E-state index contributed by atoms with van der Waals surface area (Å²) >= 11 is 0. The first kappa shape index (κ1) is 18.6. The zero-order valence-electron chi connectivity index (χ0n) is 15.3. The molecule has 0 unspecified atom stereocenters. The molecule has 4 heteroatoms.